The van der Waals surface area contributed by atoms with Crippen LogP contribution in [0.3, 0.4) is 0 Å². The van der Waals surface area contributed by atoms with Gasteiger partial charge in [0.25, 0.3) is 5.91 Å². The Hall–Kier alpha value is -1.88. The molecule has 0 bridgehead atoms. The minimum absolute atomic E-state index is 0.183. The molecule has 1 saturated carbocycles. The molecule has 2 aromatic rings. The van der Waals surface area contributed by atoms with Crippen molar-refractivity contribution in [1.29, 1.82) is 0 Å². The number of carbonyl (C=O) groups is 1. The van der Waals surface area contributed by atoms with Crippen LogP contribution in [0.5, 0.6) is 5.75 Å². The molecule has 1 aromatic carbocycles. The van der Waals surface area contributed by atoms with Gasteiger partial charge in [-0.1, -0.05) is 12.8 Å². The van der Waals surface area contributed by atoms with E-state index in [9.17, 15) is 4.79 Å². The number of hydrogen-bond donors (Lipinski definition) is 0. The van der Waals surface area contributed by atoms with Crippen molar-refractivity contribution < 1.29 is 9.53 Å². The van der Waals surface area contributed by atoms with E-state index < -0.39 is 0 Å². The highest BCUT2D eigenvalue weighted by Gasteiger charge is 2.35. The average Bonchev–Trinajstić information content (AvgIpc) is 3.19. The minimum Gasteiger partial charge on any atom is -0.487 e. The molecule has 2 aliphatic rings. The first kappa shape index (κ1) is 16.6. The Morgan fingerprint density at radius 1 is 1.16 bits per heavy atom. The van der Waals surface area contributed by atoms with Crippen LogP contribution in [0.25, 0.3) is 0 Å². The zero-order valence-corrected chi connectivity index (χ0v) is 15.2. The molecular formula is C20H24N2O2S. The first-order valence-corrected chi connectivity index (χ1v) is 10.2. The lowest BCUT2D eigenvalue weighted by Gasteiger charge is -2.44. The lowest BCUT2D eigenvalue weighted by atomic mass is 9.78. The van der Waals surface area contributed by atoms with Crippen LogP contribution in [-0.4, -0.2) is 28.4 Å². The fourth-order valence-electron chi connectivity index (χ4n) is 4.20. The van der Waals surface area contributed by atoms with Crippen molar-refractivity contribution in [3.8, 4) is 5.75 Å². The lowest BCUT2D eigenvalue weighted by molar-refractivity contribution is 0.0390. The van der Waals surface area contributed by atoms with Crippen LogP contribution in [0.1, 0.15) is 54.6 Å². The fraction of sp³-hybridized carbons (Fsp3) is 0.500. The van der Waals surface area contributed by atoms with Crippen LogP contribution in [0, 0.1) is 5.92 Å². The van der Waals surface area contributed by atoms with Crippen molar-refractivity contribution in [2.24, 2.45) is 5.92 Å². The van der Waals surface area contributed by atoms with E-state index in [0.29, 0.717) is 18.6 Å². The second kappa shape index (κ2) is 7.56. The van der Waals surface area contributed by atoms with E-state index in [1.807, 2.05) is 29.6 Å². The number of amides is 1. The fourth-order valence-corrected chi connectivity index (χ4v) is 4.75. The van der Waals surface area contributed by atoms with Gasteiger partial charge in [-0.05, 0) is 55.9 Å². The first-order chi connectivity index (χ1) is 12.3. The number of piperidine rings is 1. The number of fused-ring (bicyclic) bond motifs is 1. The van der Waals surface area contributed by atoms with E-state index >= 15 is 0 Å². The molecule has 132 valence electrons. The van der Waals surface area contributed by atoms with Crippen molar-refractivity contribution in [1.82, 2.24) is 9.88 Å². The number of benzene rings is 1. The van der Waals surface area contributed by atoms with E-state index in [1.165, 1.54) is 32.1 Å². The number of aromatic nitrogens is 1. The zero-order chi connectivity index (χ0) is 17.1. The molecule has 0 N–H and O–H groups in total. The van der Waals surface area contributed by atoms with Gasteiger partial charge in [-0.3, -0.25) is 4.79 Å². The summed E-state index contributed by atoms with van der Waals surface area (Å²) in [4.78, 5) is 19.3. The molecule has 1 aromatic heterocycles. The van der Waals surface area contributed by atoms with Gasteiger partial charge in [-0.15, -0.1) is 11.3 Å². The Kier molecular flexibility index (Phi) is 5.02. The average molecular weight is 356 g/mol. The summed E-state index contributed by atoms with van der Waals surface area (Å²) in [7, 11) is 0. The first-order valence-electron chi connectivity index (χ1n) is 9.22. The SMILES string of the molecule is O=C(c1ccc(OCc2cscn2)cc1)N1CCC[C@@H]2CCCC[C@@H]21. The molecule has 2 heterocycles. The van der Waals surface area contributed by atoms with Gasteiger partial charge in [-0.25, -0.2) is 4.98 Å². The molecular weight excluding hydrogens is 332 g/mol. The molecule has 4 rings (SSSR count). The Labute approximate surface area is 152 Å². The maximum Gasteiger partial charge on any atom is 0.254 e. The summed E-state index contributed by atoms with van der Waals surface area (Å²) in [5.74, 6) is 1.67. The third-order valence-electron chi connectivity index (χ3n) is 5.48. The van der Waals surface area contributed by atoms with E-state index in [-0.39, 0.29) is 5.91 Å². The maximum atomic E-state index is 13.0. The van der Waals surface area contributed by atoms with Crippen LogP contribution in [0.15, 0.2) is 35.2 Å². The summed E-state index contributed by atoms with van der Waals surface area (Å²) < 4.78 is 5.74. The summed E-state index contributed by atoms with van der Waals surface area (Å²) in [6.07, 6.45) is 7.48. The Morgan fingerprint density at radius 2 is 1.96 bits per heavy atom. The number of carbonyl (C=O) groups excluding carboxylic acids is 1. The summed E-state index contributed by atoms with van der Waals surface area (Å²) in [5.41, 5.74) is 3.51. The van der Waals surface area contributed by atoms with Gasteiger partial charge in [0.2, 0.25) is 0 Å². The maximum absolute atomic E-state index is 13.0. The highest BCUT2D eigenvalue weighted by Crippen LogP contribution is 2.36. The molecule has 4 nitrogen and oxygen atoms in total. The predicted molar refractivity (Wildman–Crippen MR) is 98.9 cm³/mol. The second-order valence-corrected chi connectivity index (χ2v) is 7.76. The van der Waals surface area contributed by atoms with E-state index in [0.717, 1.165) is 30.0 Å². The third kappa shape index (κ3) is 3.71. The number of rotatable bonds is 4. The molecule has 2 atom stereocenters. The molecule has 1 aliphatic carbocycles. The Balaban J connectivity index is 1.41. The third-order valence-corrected chi connectivity index (χ3v) is 6.11. The zero-order valence-electron chi connectivity index (χ0n) is 14.4. The van der Waals surface area contributed by atoms with E-state index in [4.69, 9.17) is 4.74 Å². The molecule has 5 heteroatoms. The topological polar surface area (TPSA) is 42.4 Å². The van der Waals surface area contributed by atoms with Crippen molar-refractivity contribution >= 4 is 17.2 Å². The molecule has 2 fully saturated rings. The highest BCUT2D eigenvalue weighted by atomic mass is 32.1. The van der Waals surface area contributed by atoms with Gasteiger partial charge in [0, 0.05) is 23.5 Å². The number of hydrogen-bond acceptors (Lipinski definition) is 4. The highest BCUT2D eigenvalue weighted by molar-refractivity contribution is 7.07. The predicted octanol–water partition coefficient (Wildman–Crippen LogP) is 4.52. The molecule has 0 spiro atoms. The quantitative estimate of drug-likeness (QED) is 0.809. The van der Waals surface area contributed by atoms with Gasteiger partial charge in [0.05, 0.1) is 11.2 Å². The molecule has 1 aliphatic heterocycles. The number of thiazole rings is 1. The number of likely N-dealkylation sites (tertiary alicyclic amines) is 1. The number of ether oxygens (including phenoxy) is 1. The minimum atomic E-state index is 0.183. The van der Waals surface area contributed by atoms with Crippen molar-refractivity contribution in [2.75, 3.05) is 6.54 Å². The molecule has 0 unspecified atom stereocenters. The van der Waals surface area contributed by atoms with Crippen LogP contribution < -0.4 is 4.74 Å². The molecule has 1 saturated heterocycles. The molecule has 1 amide bonds. The van der Waals surface area contributed by atoms with Gasteiger partial charge >= 0.3 is 0 Å². The van der Waals surface area contributed by atoms with Crippen LogP contribution in [0.2, 0.25) is 0 Å². The van der Waals surface area contributed by atoms with Crippen molar-refractivity contribution in [3.05, 3.63) is 46.4 Å². The van der Waals surface area contributed by atoms with Crippen molar-refractivity contribution in [3.63, 3.8) is 0 Å². The van der Waals surface area contributed by atoms with E-state index in [2.05, 4.69) is 9.88 Å². The van der Waals surface area contributed by atoms with Crippen LogP contribution >= 0.6 is 11.3 Å². The summed E-state index contributed by atoms with van der Waals surface area (Å²) >= 11 is 1.56. The Bertz CT molecular complexity index is 697. The summed E-state index contributed by atoms with van der Waals surface area (Å²) in [5, 5.41) is 1.98. The van der Waals surface area contributed by atoms with E-state index in [1.54, 1.807) is 16.8 Å². The van der Waals surface area contributed by atoms with Crippen LogP contribution in [0.4, 0.5) is 0 Å². The smallest absolute Gasteiger partial charge is 0.254 e. The monoisotopic (exact) mass is 356 g/mol. The normalized spacial score (nSPS) is 23.1. The summed E-state index contributed by atoms with van der Waals surface area (Å²) in [6.45, 7) is 1.37. The van der Waals surface area contributed by atoms with Gasteiger partial charge in [0.15, 0.2) is 0 Å². The number of nitrogens with zero attached hydrogens (tertiary/aromatic N) is 2. The lowest BCUT2D eigenvalue weighted by Crippen LogP contribution is -2.49. The Morgan fingerprint density at radius 3 is 2.76 bits per heavy atom. The van der Waals surface area contributed by atoms with Gasteiger partial charge in [0.1, 0.15) is 12.4 Å². The van der Waals surface area contributed by atoms with Gasteiger partial charge < -0.3 is 9.64 Å². The summed E-state index contributed by atoms with van der Waals surface area (Å²) in [6, 6.07) is 8.02. The van der Waals surface area contributed by atoms with Gasteiger partial charge in [-0.2, -0.15) is 0 Å². The molecule has 25 heavy (non-hydrogen) atoms. The second-order valence-electron chi connectivity index (χ2n) is 7.05. The molecule has 0 radical (unpaired) electrons. The standard InChI is InChI=1S/C20H24N2O2S/c23-20(22-11-3-5-15-4-1-2-6-19(15)22)16-7-9-18(10-8-16)24-12-17-13-25-14-21-17/h7-10,13-15,19H,1-6,11-12H2/t15-,19-/m0/s1. The van der Waals surface area contributed by atoms with Crippen molar-refractivity contribution in [2.45, 2.75) is 51.2 Å². The largest absolute Gasteiger partial charge is 0.487 e. The van der Waals surface area contributed by atoms with Crippen LogP contribution in [-0.2, 0) is 6.61 Å².